The zero-order chi connectivity index (χ0) is 24.2. The largest absolute Gasteiger partial charge is 0.415 e. The Morgan fingerprint density at radius 3 is 2.24 bits per heavy atom. The van der Waals surface area contributed by atoms with Crippen molar-refractivity contribution in [3.05, 3.63) is 11.6 Å². The van der Waals surface area contributed by atoms with E-state index in [4.69, 9.17) is 4.43 Å². The molecule has 4 rings (SSSR count). The minimum absolute atomic E-state index is 0.529. The van der Waals surface area contributed by atoms with Crippen molar-refractivity contribution in [2.45, 2.75) is 131 Å². The van der Waals surface area contributed by atoms with Crippen LogP contribution in [0.1, 0.15) is 106 Å². The van der Waals surface area contributed by atoms with Gasteiger partial charge in [-0.25, -0.2) is 0 Å². The number of hydrogen-bond acceptors (Lipinski definition) is 1. The van der Waals surface area contributed by atoms with Gasteiger partial charge in [-0.05, 0) is 123 Å². The van der Waals surface area contributed by atoms with Crippen LogP contribution >= 0.6 is 0 Å². The number of rotatable bonds is 7. The molecule has 0 aliphatic heterocycles. The van der Waals surface area contributed by atoms with Gasteiger partial charge in [0.2, 0.25) is 0 Å². The molecule has 4 aliphatic rings. The van der Waals surface area contributed by atoms with E-state index in [1.165, 1.54) is 64.2 Å². The lowest BCUT2D eigenvalue weighted by Gasteiger charge is -2.58. The highest BCUT2D eigenvalue weighted by atomic mass is 28.4. The van der Waals surface area contributed by atoms with Gasteiger partial charge in [-0.3, -0.25) is 0 Å². The van der Waals surface area contributed by atoms with Crippen molar-refractivity contribution in [3.63, 3.8) is 0 Å². The molecular formula is C31H56OSi. The van der Waals surface area contributed by atoms with Gasteiger partial charge in [-0.1, -0.05) is 66.0 Å². The smallest absolute Gasteiger partial charge is 0.184 e. The van der Waals surface area contributed by atoms with Gasteiger partial charge in [0.05, 0.1) is 0 Å². The fourth-order valence-corrected chi connectivity index (χ4v) is 10.3. The molecule has 0 N–H and O–H groups in total. The summed E-state index contributed by atoms with van der Waals surface area (Å²) in [6.45, 7) is 22.4. The quantitative estimate of drug-likeness (QED) is 0.265. The molecule has 0 spiro atoms. The number of fused-ring (bicyclic) bond motifs is 5. The van der Waals surface area contributed by atoms with Crippen LogP contribution in [0.4, 0.5) is 0 Å². The summed E-state index contributed by atoms with van der Waals surface area (Å²) in [6.07, 6.45) is 17.4. The second-order valence-corrected chi connectivity index (χ2v) is 19.3. The van der Waals surface area contributed by atoms with E-state index in [2.05, 4.69) is 67.3 Å². The Kier molecular flexibility index (Phi) is 7.42. The van der Waals surface area contributed by atoms with Crippen molar-refractivity contribution >= 4 is 8.32 Å². The molecule has 0 bridgehead atoms. The highest BCUT2D eigenvalue weighted by molar-refractivity contribution is 6.69. The third-order valence-electron chi connectivity index (χ3n) is 11.5. The summed E-state index contributed by atoms with van der Waals surface area (Å²) in [5.41, 5.74) is 3.02. The molecule has 190 valence electrons. The molecule has 1 unspecified atom stereocenters. The monoisotopic (exact) mass is 472 g/mol. The molecule has 0 saturated heterocycles. The van der Waals surface area contributed by atoms with Crippen molar-refractivity contribution in [1.82, 2.24) is 0 Å². The van der Waals surface area contributed by atoms with Crippen LogP contribution in [0, 0.1) is 52.3 Å². The standard InChI is InChI=1S/C31H56OSi/c1-21(2)22(3)10-11-23(4)27-14-15-28-26-13-12-24-20-25(32-33(7,8)9)16-18-30(24,5)29(26)17-19-31(27,28)6/h13,21-25,27-29H,10-12,14-20H2,1-9H3/t22-,23-,24?,25+,27-,28+,29+,30+,31-/m1/s1. The second-order valence-electron chi connectivity index (χ2n) is 14.9. The summed E-state index contributed by atoms with van der Waals surface area (Å²) in [5.74, 6) is 6.10. The minimum Gasteiger partial charge on any atom is -0.415 e. The molecule has 3 saturated carbocycles. The maximum absolute atomic E-state index is 6.61. The van der Waals surface area contributed by atoms with Crippen molar-refractivity contribution < 1.29 is 4.43 Å². The molecule has 2 heteroatoms. The summed E-state index contributed by atoms with van der Waals surface area (Å²) in [4.78, 5) is 0. The van der Waals surface area contributed by atoms with Crippen molar-refractivity contribution in [1.29, 1.82) is 0 Å². The van der Waals surface area contributed by atoms with Gasteiger partial charge in [0.25, 0.3) is 0 Å². The molecule has 3 fully saturated rings. The second kappa shape index (κ2) is 9.42. The molecule has 33 heavy (non-hydrogen) atoms. The van der Waals surface area contributed by atoms with E-state index in [-0.39, 0.29) is 0 Å². The zero-order valence-electron chi connectivity index (χ0n) is 23.7. The molecule has 0 aromatic heterocycles. The molecule has 1 nitrogen and oxygen atoms in total. The Balaban J connectivity index is 1.46. The van der Waals surface area contributed by atoms with E-state index in [1.54, 1.807) is 0 Å². The van der Waals surface area contributed by atoms with Crippen molar-refractivity contribution in [2.75, 3.05) is 0 Å². The summed E-state index contributed by atoms with van der Waals surface area (Å²) in [7, 11) is -1.44. The van der Waals surface area contributed by atoms with Crippen LogP contribution in [-0.2, 0) is 4.43 Å². The van der Waals surface area contributed by atoms with Crippen LogP contribution in [0.5, 0.6) is 0 Å². The van der Waals surface area contributed by atoms with Crippen molar-refractivity contribution in [3.8, 4) is 0 Å². The van der Waals surface area contributed by atoms with Gasteiger partial charge in [0.15, 0.2) is 8.32 Å². The molecule has 0 radical (unpaired) electrons. The van der Waals surface area contributed by atoms with Gasteiger partial charge in [0, 0.05) is 6.10 Å². The highest BCUT2D eigenvalue weighted by Gasteiger charge is 2.58. The summed E-state index contributed by atoms with van der Waals surface area (Å²) < 4.78 is 6.61. The number of hydrogen-bond donors (Lipinski definition) is 0. The molecule has 4 aliphatic carbocycles. The highest BCUT2D eigenvalue weighted by Crippen LogP contribution is 2.67. The first-order valence-electron chi connectivity index (χ1n) is 14.7. The predicted octanol–water partition coefficient (Wildman–Crippen LogP) is 9.49. The predicted molar refractivity (Wildman–Crippen MR) is 146 cm³/mol. The SMILES string of the molecule is CC(C)[C@H](C)CC[C@@H](C)[C@H]1CC[C@H]2C3=CCC4C[C@@H](O[Si](C)(C)C)CC[C@]4(C)[C@H]3CC[C@]12C. The maximum atomic E-state index is 6.61. The molecular weight excluding hydrogens is 416 g/mol. The summed E-state index contributed by atoms with van der Waals surface area (Å²) in [6, 6.07) is 0. The van der Waals surface area contributed by atoms with E-state index in [9.17, 15) is 0 Å². The Morgan fingerprint density at radius 2 is 1.58 bits per heavy atom. The van der Waals surface area contributed by atoms with Crippen LogP contribution in [0.25, 0.3) is 0 Å². The van der Waals surface area contributed by atoms with Gasteiger partial charge >= 0.3 is 0 Å². The fraction of sp³-hybridized carbons (Fsp3) is 0.935. The normalized spacial score (nSPS) is 42.8. The van der Waals surface area contributed by atoms with Crippen molar-refractivity contribution in [2.24, 2.45) is 52.3 Å². The van der Waals surface area contributed by atoms with Crippen LogP contribution < -0.4 is 0 Å². The fourth-order valence-electron chi connectivity index (χ4n) is 9.12. The summed E-state index contributed by atoms with van der Waals surface area (Å²) >= 11 is 0. The molecule has 0 amide bonds. The molecule has 0 aromatic rings. The van der Waals surface area contributed by atoms with E-state index in [0.717, 1.165) is 41.4 Å². The molecule has 9 atom stereocenters. The lowest BCUT2D eigenvalue weighted by molar-refractivity contribution is -0.0385. The number of allylic oxidation sites excluding steroid dienone is 2. The van der Waals surface area contributed by atoms with Crippen LogP contribution in [0.2, 0.25) is 19.6 Å². The first-order valence-corrected chi connectivity index (χ1v) is 18.1. The Bertz CT molecular complexity index is 719. The Morgan fingerprint density at radius 1 is 0.909 bits per heavy atom. The van der Waals surface area contributed by atoms with Crippen LogP contribution in [0.3, 0.4) is 0 Å². The van der Waals surface area contributed by atoms with Gasteiger partial charge in [-0.2, -0.15) is 0 Å². The van der Waals surface area contributed by atoms with E-state index >= 15 is 0 Å². The maximum Gasteiger partial charge on any atom is 0.184 e. The molecule has 0 heterocycles. The van der Waals surface area contributed by atoms with Gasteiger partial charge in [0.1, 0.15) is 0 Å². The first kappa shape index (κ1) is 26.0. The van der Waals surface area contributed by atoms with Gasteiger partial charge < -0.3 is 4.43 Å². The zero-order valence-corrected chi connectivity index (χ0v) is 24.7. The lowest BCUT2D eigenvalue weighted by atomic mass is 9.47. The average Bonchev–Trinajstić information content (AvgIpc) is 3.08. The average molecular weight is 473 g/mol. The van der Waals surface area contributed by atoms with E-state index in [1.807, 2.05) is 5.57 Å². The molecule has 0 aromatic carbocycles. The van der Waals surface area contributed by atoms with E-state index < -0.39 is 8.32 Å². The minimum atomic E-state index is -1.44. The third kappa shape index (κ3) is 4.96. The lowest BCUT2D eigenvalue weighted by Crippen LogP contribution is -2.50. The Labute approximate surface area is 208 Å². The van der Waals surface area contributed by atoms with Crippen LogP contribution in [-0.4, -0.2) is 14.4 Å². The summed E-state index contributed by atoms with van der Waals surface area (Å²) in [5, 5.41) is 0. The topological polar surface area (TPSA) is 9.23 Å². The third-order valence-corrected chi connectivity index (χ3v) is 12.6. The van der Waals surface area contributed by atoms with E-state index in [0.29, 0.717) is 16.9 Å². The van der Waals surface area contributed by atoms with Crippen LogP contribution in [0.15, 0.2) is 11.6 Å². The first-order chi connectivity index (χ1) is 15.3. The Hall–Kier alpha value is -0.0831. The van der Waals surface area contributed by atoms with Gasteiger partial charge in [-0.15, -0.1) is 0 Å².